The lowest BCUT2D eigenvalue weighted by Crippen LogP contribution is -2.13. The van der Waals surface area contributed by atoms with Gasteiger partial charge in [-0.15, -0.1) is 0 Å². The molecule has 5 rings (SSSR count). The summed E-state index contributed by atoms with van der Waals surface area (Å²) in [5.74, 6) is -0.833. The van der Waals surface area contributed by atoms with Crippen molar-refractivity contribution >= 4 is 33.6 Å². The SMILES string of the molecule is CC(=O)O.NCCCn1cc(-c2nc3cc4c(cc3[nH]c2=O)CCCC4)c2ccc([N+](=O)[O-])cc21. The van der Waals surface area contributed by atoms with E-state index in [0.717, 1.165) is 42.6 Å². The van der Waals surface area contributed by atoms with Gasteiger partial charge in [0.15, 0.2) is 0 Å². The average Bonchev–Trinajstić information content (AvgIpc) is 3.18. The molecular weight excluding hydrogens is 450 g/mol. The molecule has 182 valence electrons. The summed E-state index contributed by atoms with van der Waals surface area (Å²) in [6, 6.07) is 8.84. The smallest absolute Gasteiger partial charge is 0.300 e. The number of nitrogens with zero attached hydrogens (tertiary/aromatic N) is 3. The van der Waals surface area contributed by atoms with Crippen LogP contribution in [-0.2, 0) is 24.2 Å². The second-order valence-corrected chi connectivity index (χ2v) is 8.62. The van der Waals surface area contributed by atoms with Crippen molar-refractivity contribution in [2.45, 2.75) is 45.6 Å². The van der Waals surface area contributed by atoms with Gasteiger partial charge in [-0.3, -0.25) is 19.7 Å². The Morgan fingerprint density at radius 2 is 1.91 bits per heavy atom. The Labute approximate surface area is 200 Å². The number of carboxylic acids is 1. The highest BCUT2D eigenvalue weighted by atomic mass is 16.6. The number of hydrogen-bond donors (Lipinski definition) is 3. The minimum absolute atomic E-state index is 0.0122. The van der Waals surface area contributed by atoms with Crippen LogP contribution in [0.1, 0.15) is 37.3 Å². The van der Waals surface area contributed by atoms with Crippen molar-refractivity contribution in [3.05, 3.63) is 68.1 Å². The summed E-state index contributed by atoms with van der Waals surface area (Å²) in [4.78, 5) is 40.6. The van der Waals surface area contributed by atoms with Gasteiger partial charge in [0.05, 0.1) is 21.5 Å². The van der Waals surface area contributed by atoms with E-state index in [-0.39, 0.29) is 11.2 Å². The Balaban J connectivity index is 0.000000672. The molecule has 1 aliphatic rings. The maximum atomic E-state index is 13.0. The van der Waals surface area contributed by atoms with Crippen LogP contribution in [0.3, 0.4) is 0 Å². The number of non-ortho nitro benzene ring substituents is 1. The van der Waals surface area contributed by atoms with E-state index in [1.165, 1.54) is 30.0 Å². The third kappa shape index (κ3) is 5.07. The number of nitro benzene ring substituents is 1. The van der Waals surface area contributed by atoms with E-state index in [1.54, 1.807) is 12.1 Å². The lowest BCUT2D eigenvalue weighted by atomic mass is 9.91. The second-order valence-electron chi connectivity index (χ2n) is 8.62. The molecule has 0 atom stereocenters. The van der Waals surface area contributed by atoms with Crippen molar-refractivity contribution in [1.29, 1.82) is 0 Å². The van der Waals surface area contributed by atoms with Crippen LogP contribution in [0.25, 0.3) is 33.2 Å². The number of nitro groups is 1. The molecule has 0 aliphatic heterocycles. The molecule has 2 heterocycles. The summed E-state index contributed by atoms with van der Waals surface area (Å²) in [6.45, 7) is 2.19. The topological polar surface area (TPSA) is 157 Å². The second kappa shape index (κ2) is 10.1. The Hall–Kier alpha value is -4.05. The third-order valence-corrected chi connectivity index (χ3v) is 6.09. The Bertz CT molecular complexity index is 1480. The molecule has 0 bridgehead atoms. The van der Waals surface area contributed by atoms with E-state index >= 15 is 0 Å². The van der Waals surface area contributed by atoms with Gasteiger partial charge < -0.3 is 20.4 Å². The summed E-state index contributed by atoms with van der Waals surface area (Å²) in [5.41, 5.74) is 11.2. The van der Waals surface area contributed by atoms with E-state index in [2.05, 4.69) is 17.1 Å². The zero-order chi connectivity index (χ0) is 25.1. The minimum Gasteiger partial charge on any atom is -0.481 e. The molecule has 0 saturated carbocycles. The average molecular weight is 478 g/mol. The molecule has 10 heteroatoms. The molecule has 1 aliphatic carbocycles. The summed E-state index contributed by atoms with van der Waals surface area (Å²) in [6.07, 6.45) is 6.97. The van der Waals surface area contributed by atoms with Crippen LogP contribution >= 0.6 is 0 Å². The van der Waals surface area contributed by atoms with Gasteiger partial charge in [-0.25, -0.2) is 4.98 Å². The summed E-state index contributed by atoms with van der Waals surface area (Å²) >= 11 is 0. The highest BCUT2D eigenvalue weighted by molar-refractivity contribution is 5.97. The zero-order valence-electron chi connectivity index (χ0n) is 19.4. The normalized spacial score (nSPS) is 12.7. The Morgan fingerprint density at radius 3 is 2.57 bits per heavy atom. The van der Waals surface area contributed by atoms with Crippen LogP contribution in [0, 0.1) is 10.1 Å². The van der Waals surface area contributed by atoms with E-state index < -0.39 is 10.9 Å². The molecule has 0 saturated heterocycles. The maximum Gasteiger partial charge on any atom is 0.300 e. The fourth-order valence-corrected chi connectivity index (χ4v) is 4.53. The Kier molecular flexibility index (Phi) is 6.92. The fourth-order valence-electron chi connectivity index (χ4n) is 4.53. The number of carboxylic acid groups (broad SMARTS) is 1. The quantitative estimate of drug-likeness (QED) is 0.291. The van der Waals surface area contributed by atoms with Crippen molar-refractivity contribution < 1.29 is 14.8 Å². The molecule has 0 fully saturated rings. The van der Waals surface area contributed by atoms with Crippen LogP contribution in [-0.4, -0.2) is 37.1 Å². The first-order valence-corrected chi connectivity index (χ1v) is 11.5. The number of aromatic amines is 1. The Morgan fingerprint density at radius 1 is 1.23 bits per heavy atom. The van der Waals surface area contributed by atoms with Crippen molar-refractivity contribution in [1.82, 2.24) is 14.5 Å². The van der Waals surface area contributed by atoms with Crippen molar-refractivity contribution in [2.75, 3.05) is 6.54 Å². The number of rotatable bonds is 5. The highest BCUT2D eigenvalue weighted by Gasteiger charge is 2.19. The largest absolute Gasteiger partial charge is 0.481 e. The molecule has 35 heavy (non-hydrogen) atoms. The summed E-state index contributed by atoms with van der Waals surface area (Å²) in [7, 11) is 0. The van der Waals surface area contributed by atoms with Crippen LogP contribution < -0.4 is 11.3 Å². The van der Waals surface area contributed by atoms with E-state index in [4.69, 9.17) is 20.6 Å². The molecule has 0 amide bonds. The van der Waals surface area contributed by atoms with E-state index in [9.17, 15) is 14.9 Å². The van der Waals surface area contributed by atoms with Gasteiger partial charge in [-0.05, 0) is 68.0 Å². The van der Waals surface area contributed by atoms with Gasteiger partial charge in [0, 0.05) is 42.7 Å². The summed E-state index contributed by atoms with van der Waals surface area (Å²) < 4.78 is 1.92. The predicted molar refractivity (Wildman–Crippen MR) is 134 cm³/mol. The number of nitrogens with one attached hydrogen (secondary N) is 1. The number of H-pyrrole nitrogens is 1. The number of fused-ring (bicyclic) bond motifs is 3. The van der Waals surface area contributed by atoms with Gasteiger partial charge in [-0.1, -0.05) is 0 Å². The van der Waals surface area contributed by atoms with Crippen molar-refractivity contribution in [3.63, 3.8) is 0 Å². The number of nitrogens with two attached hydrogens (primary N) is 1. The van der Waals surface area contributed by atoms with Crippen LogP contribution in [0.15, 0.2) is 41.3 Å². The molecule has 0 spiro atoms. The van der Waals surface area contributed by atoms with E-state index in [0.29, 0.717) is 29.9 Å². The van der Waals surface area contributed by atoms with Crippen molar-refractivity contribution in [2.24, 2.45) is 5.73 Å². The predicted octanol–water partition coefficient (Wildman–Crippen LogP) is 3.77. The molecule has 4 N–H and O–H groups in total. The summed E-state index contributed by atoms with van der Waals surface area (Å²) in [5, 5.41) is 19.5. The lowest BCUT2D eigenvalue weighted by molar-refractivity contribution is -0.384. The van der Waals surface area contributed by atoms with Crippen LogP contribution in [0.5, 0.6) is 0 Å². The molecule has 10 nitrogen and oxygen atoms in total. The van der Waals surface area contributed by atoms with E-state index in [1.807, 2.05) is 10.8 Å². The number of aromatic nitrogens is 3. The standard InChI is InChI=1S/C23H23N5O3.C2H4O2/c24-8-3-9-27-13-18(17-7-6-16(28(30)31)12-21(17)27)22-23(29)26-20-11-15-5-2-1-4-14(15)10-19(20)25-22;1-2(3)4/h6-7,10-13H,1-5,8-9,24H2,(H,26,29);1H3,(H,3,4). The number of carbonyl (C=O) groups is 1. The number of aryl methyl sites for hydroxylation is 3. The lowest BCUT2D eigenvalue weighted by Gasteiger charge is -2.16. The maximum absolute atomic E-state index is 13.0. The fraction of sp³-hybridized carbons (Fsp3) is 0.320. The number of hydrogen-bond acceptors (Lipinski definition) is 6. The zero-order valence-corrected chi connectivity index (χ0v) is 19.4. The monoisotopic (exact) mass is 477 g/mol. The first kappa shape index (κ1) is 24.1. The molecule has 2 aromatic heterocycles. The van der Waals surface area contributed by atoms with Gasteiger partial charge in [0.2, 0.25) is 0 Å². The first-order valence-electron chi connectivity index (χ1n) is 11.5. The minimum atomic E-state index is -0.833. The van der Waals surface area contributed by atoms with Gasteiger partial charge in [-0.2, -0.15) is 0 Å². The number of benzene rings is 2. The van der Waals surface area contributed by atoms with Gasteiger partial charge >= 0.3 is 0 Å². The van der Waals surface area contributed by atoms with Crippen LogP contribution in [0.2, 0.25) is 0 Å². The molecule has 0 unspecified atom stereocenters. The highest BCUT2D eigenvalue weighted by Crippen LogP contribution is 2.32. The third-order valence-electron chi connectivity index (χ3n) is 6.09. The molecule has 0 radical (unpaired) electrons. The molecular formula is C25H27N5O5. The van der Waals surface area contributed by atoms with Crippen molar-refractivity contribution in [3.8, 4) is 11.3 Å². The van der Waals surface area contributed by atoms with Crippen LogP contribution in [0.4, 0.5) is 5.69 Å². The first-order chi connectivity index (χ1) is 16.8. The molecule has 2 aromatic carbocycles. The van der Waals surface area contributed by atoms with Gasteiger partial charge in [0.1, 0.15) is 5.69 Å². The molecule has 4 aromatic rings. The number of aliphatic carboxylic acids is 1. The van der Waals surface area contributed by atoms with Gasteiger partial charge in [0.25, 0.3) is 17.2 Å².